The first-order chi connectivity index (χ1) is 18.1. The molecule has 0 aliphatic rings. The Morgan fingerprint density at radius 1 is 0.923 bits per heavy atom. The summed E-state index contributed by atoms with van der Waals surface area (Å²) in [4.78, 5) is 20.5. The molecule has 0 atom stereocenters. The predicted molar refractivity (Wildman–Crippen MR) is 161 cm³/mol. The fraction of sp³-hybridized carbons (Fsp3) is 0.467. The zero-order chi connectivity index (χ0) is 29.0. The Hall–Kier alpha value is -2.91. The molecule has 0 radical (unpaired) electrons. The van der Waals surface area contributed by atoms with E-state index in [0.29, 0.717) is 22.9 Å². The van der Waals surface area contributed by atoms with Crippen LogP contribution < -0.4 is 10.2 Å². The molecule has 0 aliphatic carbocycles. The number of aromatic nitrogens is 1. The molecular weight excluding hydrogens is 530 g/mol. The Morgan fingerprint density at radius 2 is 1.49 bits per heavy atom. The molecule has 39 heavy (non-hydrogen) atoms. The van der Waals surface area contributed by atoms with Crippen molar-refractivity contribution in [2.75, 3.05) is 23.1 Å². The van der Waals surface area contributed by atoms with E-state index < -0.39 is 15.9 Å². The topological polar surface area (TPSA) is 88.6 Å². The minimum Gasteiger partial charge on any atom is -0.450 e. The van der Waals surface area contributed by atoms with Gasteiger partial charge in [0.1, 0.15) is 0 Å². The number of benzene rings is 2. The van der Waals surface area contributed by atoms with Gasteiger partial charge in [-0.3, -0.25) is 5.32 Å². The molecular formula is C30H41N3O4S2. The number of carbonyl (C=O) groups excluding carboxylic acids is 1. The third-order valence-electron chi connectivity index (χ3n) is 6.17. The number of nitrogens with one attached hydrogen (secondary N) is 1. The van der Waals surface area contributed by atoms with E-state index in [1.807, 2.05) is 12.1 Å². The maximum Gasteiger partial charge on any atom is 0.413 e. The van der Waals surface area contributed by atoms with Crippen LogP contribution in [0, 0.1) is 0 Å². The SMILES string of the molecule is CCOC(=O)Nc1nc(CCc2ccc(N(C(C)(C)C)C(C)(C)C)cc2)c(Cc2ccc(S(C)(=O)=O)cc2)s1. The van der Waals surface area contributed by atoms with E-state index in [1.165, 1.54) is 28.8 Å². The van der Waals surface area contributed by atoms with Crippen LogP contribution in [0.4, 0.5) is 15.6 Å². The summed E-state index contributed by atoms with van der Waals surface area (Å²) < 4.78 is 28.7. The van der Waals surface area contributed by atoms with Gasteiger partial charge in [-0.25, -0.2) is 18.2 Å². The Labute approximate surface area is 237 Å². The van der Waals surface area contributed by atoms with Gasteiger partial charge in [0, 0.05) is 34.3 Å². The number of amides is 1. The Bertz CT molecular complexity index is 1350. The molecule has 3 rings (SSSR count). The lowest BCUT2D eigenvalue weighted by atomic mass is 9.94. The van der Waals surface area contributed by atoms with Crippen LogP contribution >= 0.6 is 11.3 Å². The van der Waals surface area contributed by atoms with E-state index in [9.17, 15) is 13.2 Å². The highest BCUT2D eigenvalue weighted by atomic mass is 32.2. The van der Waals surface area contributed by atoms with Crippen LogP contribution in [0.25, 0.3) is 0 Å². The largest absolute Gasteiger partial charge is 0.450 e. The number of nitrogens with zero attached hydrogens (tertiary/aromatic N) is 2. The summed E-state index contributed by atoms with van der Waals surface area (Å²) in [5.74, 6) is 0. The van der Waals surface area contributed by atoms with Crippen molar-refractivity contribution in [1.29, 1.82) is 0 Å². The number of ether oxygens (including phenoxy) is 1. The number of anilines is 2. The predicted octanol–water partition coefficient (Wildman–Crippen LogP) is 6.89. The average molecular weight is 572 g/mol. The molecule has 0 saturated carbocycles. The molecule has 0 unspecified atom stereocenters. The fourth-order valence-electron chi connectivity index (χ4n) is 4.92. The second-order valence-corrected chi connectivity index (χ2v) is 14.8. The van der Waals surface area contributed by atoms with Crippen LogP contribution in [0.5, 0.6) is 0 Å². The molecule has 0 bridgehead atoms. The van der Waals surface area contributed by atoms with Crippen molar-refractivity contribution in [2.24, 2.45) is 0 Å². The minimum atomic E-state index is -3.25. The molecule has 0 fully saturated rings. The maximum absolute atomic E-state index is 12.0. The van der Waals surface area contributed by atoms with Gasteiger partial charge in [-0.15, -0.1) is 11.3 Å². The summed E-state index contributed by atoms with van der Waals surface area (Å²) in [6, 6.07) is 15.6. The van der Waals surface area contributed by atoms with E-state index >= 15 is 0 Å². The van der Waals surface area contributed by atoms with Gasteiger partial charge in [0.25, 0.3) is 0 Å². The molecule has 3 aromatic rings. The van der Waals surface area contributed by atoms with E-state index in [2.05, 4.69) is 76.0 Å². The molecule has 9 heteroatoms. The van der Waals surface area contributed by atoms with Gasteiger partial charge in [0.15, 0.2) is 15.0 Å². The molecule has 1 aromatic heterocycles. The standard InChI is InChI=1S/C30H41N3O4S2/c1-9-37-28(34)32-27-31-25(26(38-27)20-22-12-17-24(18-13-22)39(8,35)36)19-14-21-10-15-23(16-11-21)33(29(2,3)4)30(5,6)7/h10-13,15-18H,9,14,19-20H2,1-8H3,(H,31,32,34). The summed E-state index contributed by atoms with van der Waals surface area (Å²) in [6.45, 7) is 15.4. The van der Waals surface area contributed by atoms with Crippen LogP contribution in [0.2, 0.25) is 0 Å². The van der Waals surface area contributed by atoms with Crippen molar-refractivity contribution in [3.05, 3.63) is 70.2 Å². The summed E-state index contributed by atoms with van der Waals surface area (Å²) >= 11 is 1.42. The summed E-state index contributed by atoms with van der Waals surface area (Å²) in [7, 11) is -3.25. The lowest BCUT2D eigenvalue weighted by Crippen LogP contribution is -2.53. The smallest absolute Gasteiger partial charge is 0.413 e. The van der Waals surface area contributed by atoms with E-state index in [4.69, 9.17) is 9.72 Å². The summed E-state index contributed by atoms with van der Waals surface area (Å²) in [5, 5.41) is 3.22. The molecule has 0 spiro atoms. The summed E-state index contributed by atoms with van der Waals surface area (Å²) in [6.07, 6.45) is 2.77. The van der Waals surface area contributed by atoms with Gasteiger partial charge in [-0.2, -0.15) is 0 Å². The Balaban J connectivity index is 1.81. The molecule has 1 N–H and O–H groups in total. The van der Waals surface area contributed by atoms with Crippen molar-refractivity contribution in [1.82, 2.24) is 4.98 Å². The third-order valence-corrected chi connectivity index (χ3v) is 8.31. The van der Waals surface area contributed by atoms with Gasteiger partial charge in [0.05, 0.1) is 17.2 Å². The molecule has 0 saturated heterocycles. The second kappa shape index (κ2) is 12.1. The number of aryl methyl sites for hydroxylation is 2. The van der Waals surface area contributed by atoms with Gasteiger partial charge >= 0.3 is 6.09 Å². The van der Waals surface area contributed by atoms with E-state index in [1.54, 1.807) is 19.1 Å². The van der Waals surface area contributed by atoms with Crippen molar-refractivity contribution >= 4 is 38.1 Å². The molecule has 0 aliphatic heterocycles. The van der Waals surface area contributed by atoms with Gasteiger partial charge in [-0.1, -0.05) is 24.3 Å². The normalized spacial score (nSPS) is 12.3. The molecule has 1 amide bonds. The average Bonchev–Trinajstić information content (AvgIpc) is 3.17. The van der Waals surface area contributed by atoms with Crippen LogP contribution in [-0.4, -0.2) is 43.4 Å². The Morgan fingerprint density at radius 3 is 2.00 bits per heavy atom. The molecule has 1 heterocycles. The van der Waals surface area contributed by atoms with Crippen molar-refractivity contribution in [3.63, 3.8) is 0 Å². The van der Waals surface area contributed by atoms with Crippen molar-refractivity contribution in [3.8, 4) is 0 Å². The van der Waals surface area contributed by atoms with E-state index in [0.717, 1.165) is 22.6 Å². The van der Waals surface area contributed by atoms with Gasteiger partial charge < -0.3 is 9.64 Å². The van der Waals surface area contributed by atoms with Crippen LogP contribution in [0.15, 0.2) is 53.4 Å². The first-order valence-electron chi connectivity index (χ1n) is 13.2. The number of hydrogen-bond acceptors (Lipinski definition) is 7. The number of thiazole rings is 1. The lowest BCUT2D eigenvalue weighted by molar-refractivity contribution is 0.168. The van der Waals surface area contributed by atoms with Gasteiger partial charge in [0.2, 0.25) is 0 Å². The quantitative estimate of drug-likeness (QED) is 0.301. The molecule has 7 nitrogen and oxygen atoms in total. The first kappa shape index (κ1) is 30.6. The monoisotopic (exact) mass is 571 g/mol. The Kier molecular flexibility index (Phi) is 9.49. The highest BCUT2D eigenvalue weighted by Crippen LogP contribution is 2.32. The van der Waals surface area contributed by atoms with Crippen LogP contribution in [0.3, 0.4) is 0 Å². The first-order valence-corrected chi connectivity index (χ1v) is 15.9. The molecule has 2 aromatic carbocycles. The third kappa shape index (κ3) is 8.54. The van der Waals surface area contributed by atoms with E-state index in [-0.39, 0.29) is 17.7 Å². The zero-order valence-corrected chi connectivity index (χ0v) is 25.9. The van der Waals surface area contributed by atoms with Gasteiger partial charge in [-0.05, 0) is 96.7 Å². The van der Waals surface area contributed by atoms with Crippen molar-refractivity contribution in [2.45, 2.75) is 83.7 Å². The number of rotatable bonds is 9. The van der Waals surface area contributed by atoms with Crippen LogP contribution in [0.1, 0.15) is 70.2 Å². The second-order valence-electron chi connectivity index (χ2n) is 11.7. The minimum absolute atomic E-state index is 0.0168. The lowest BCUT2D eigenvalue weighted by Gasteiger charge is -2.47. The van der Waals surface area contributed by atoms with Crippen LogP contribution in [-0.2, 0) is 33.8 Å². The zero-order valence-electron chi connectivity index (χ0n) is 24.3. The molecule has 212 valence electrons. The number of carbonyl (C=O) groups is 1. The summed E-state index contributed by atoms with van der Waals surface area (Å²) in [5.41, 5.74) is 4.25. The number of hydrogen-bond donors (Lipinski definition) is 1. The number of sulfone groups is 1. The van der Waals surface area contributed by atoms with Crippen molar-refractivity contribution < 1.29 is 17.9 Å². The highest BCUT2D eigenvalue weighted by molar-refractivity contribution is 7.90. The highest BCUT2D eigenvalue weighted by Gasteiger charge is 2.31. The maximum atomic E-state index is 12.0. The fourth-order valence-corrected chi connectivity index (χ4v) is 6.58.